The largest absolute Gasteiger partial charge is 0.361 e. The van der Waals surface area contributed by atoms with E-state index in [0.29, 0.717) is 11.3 Å². The summed E-state index contributed by atoms with van der Waals surface area (Å²) in [5.41, 5.74) is 8.79. The second kappa shape index (κ2) is 6.35. The summed E-state index contributed by atoms with van der Waals surface area (Å²) >= 11 is 0. The smallest absolute Gasteiger partial charge is 0.143 e. The van der Waals surface area contributed by atoms with Crippen molar-refractivity contribution in [1.29, 1.82) is 0 Å². The first-order valence-electron chi connectivity index (χ1n) is 9.16. The molecule has 2 aliphatic rings. The average Bonchev–Trinajstić information content (AvgIpc) is 3.14. The number of aryl methyl sites for hydroxylation is 1. The molecule has 1 heterocycles. The van der Waals surface area contributed by atoms with Gasteiger partial charge in [0.15, 0.2) is 0 Å². The Morgan fingerprint density at radius 3 is 2.45 bits per heavy atom. The van der Waals surface area contributed by atoms with Crippen molar-refractivity contribution in [2.75, 3.05) is 6.54 Å². The molecule has 0 aliphatic heterocycles. The normalized spacial score (nSPS) is 25.3. The molecule has 22 heavy (non-hydrogen) atoms. The molecule has 0 saturated heterocycles. The minimum Gasteiger partial charge on any atom is -0.361 e. The Morgan fingerprint density at radius 2 is 1.86 bits per heavy atom. The summed E-state index contributed by atoms with van der Waals surface area (Å²) in [5.74, 6) is 3.51. The van der Waals surface area contributed by atoms with E-state index < -0.39 is 0 Å². The fourth-order valence-electron chi connectivity index (χ4n) is 4.05. The summed E-state index contributed by atoms with van der Waals surface area (Å²) in [6, 6.07) is 0. The highest BCUT2D eigenvalue weighted by atomic mass is 16.5. The Kier molecular flexibility index (Phi) is 4.63. The SMILES string of the molecule is CC(C)(C)CC1CC(c2onc(CCCCN)c2C2CC2)C1. The zero-order valence-electron chi connectivity index (χ0n) is 14.5. The number of hydrogen-bond acceptors (Lipinski definition) is 3. The number of rotatable bonds is 7. The minimum absolute atomic E-state index is 0.448. The highest BCUT2D eigenvalue weighted by Crippen LogP contribution is 2.52. The van der Waals surface area contributed by atoms with Crippen molar-refractivity contribution in [3.63, 3.8) is 0 Å². The molecule has 2 aliphatic carbocycles. The first-order chi connectivity index (χ1) is 10.5. The van der Waals surface area contributed by atoms with Crippen LogP contribution in [-0.2, 0) is 6.42 Å². The molecule has 0 aromatic carbocycles. The lowest BCUT2D eigenvalue weighted by molar-refractivity contribution is 0.158. The predicted molar refractivity (Wildman–Crippen MR) is 90.0 cm³/mol. The van der Waals surface area contributed by atoms with Crippen molar-refractivity contribution in [3.05, 3.63) is 17.0 Å². The molecule has 0 amide bonds. The molecule has 1 aromatic rings. The first kappa shape index (κ1) is 16.0. The molecule has 0 bridgehead atoms. The van der Waals surface area contributed by atoms with E-state index in [-0.39, 0.29) is 0 Å². The third kappa shape index (κ3) is 3.73. The van der Waals surface area contributed by atoms with Gasteiger partial charge in [-0.15, -0.1) is 0 Å². The number of aromatic nitrogens is 1. The van der Waals surface area contributed by atoms with Gasteiger partial charge in [-0.05, 0) is 75.2 Å². The fraction of sp³-hybridized carbons (Fsp3) is 0.842. The number of hydrogen-bond donors (Lipinski definition) is 1. The van der Waals surface area contributed by atoms with Gasteiger partial charge in [0.25, 0.3) is 0 Å². The zero-order valence-corrected chi connectivity index (χ0v) is 14.5. The number of unbranched alkanes of at least 4 members (excludes halogenated alkanes) is 1. The van der Waals surface area contributed by atoms with Crippen LogP contribution in [0.15, 0.2) is 4.52 Å². The van der Waals surface area contributed by atoms with Gasteiger partial charge >= 0.3 is 0 Å². The average molecular weight is 304 g/mol. The maximum atomic E-state index is 5.83. The van der Waals surface area contributed by atoms with E-state index in [1.165, 1.54) is 49.1 Å². The fourth-order valence-corrected chi connectivity index (χ4v) is 4.05. The number of nitrogens with zero attached hydrogens (tertiary/aromatic N) is 1. The Morgan fingerprint density at radius 1 is 1.14 bits per heavy atom. The van der Waals surface area contributed by atoms with Crippen LogP contribution < -0.4 is 5.73 Å². The van der Waals surface area contributed by atoms with E-state index in [1.54, 1.807) is 0 Å². The molecule has 3 rings (SSSR count). The summed E-state index contributed by atoms with van der Waals surface area (Å²) in [5, 5.41) is 4.44. The van der Waals surface area contributed by atoms with Gasteiger partial charge in [0, 0.05) is 11.5 Å². The van der Waals surface area contributed by atoms with Crippen molar-refractivity contribution >= 4 is 0 Å². The minimum atomic E-state index is 0.448. The lowest BCUT2D eigenvalue weighted by atomic mass is 9.67. The summed E-state index contributed by atoms with van der Waals surface area (Å²) in [7, 11) is 0. The first-order valence-corrected chi connectivity index (χ1v) is 9.16. The molecular weight excluding hydrogens is 272 g/mol. The van der Waals surface area contributed by atoms with Gasteiger partial charge in [0.05, 0.1) is 5.69 Å². The second-order valence-electron chi connectivity index (χ2n) is 8.73. The molecule has 0 atom stereocenters. The molecule has 2 fully saturated rings. The van der Waals surface area contributed by atoms with Crippen LogP contribution in [0.2, 0.25) is 0 Å². The van der Waals surface area contributed by atoms with E-state index in [4.69, 9.17) is 10.3 Å². The molecular formula is C19H32N2O. The van der Waals surface area contributed by atoms with Crippen LogP contribution in [0.3, 0.4) is 0 Å². The van der Waals surface area contributed by atoms with E-state index in [1.807, 2.05) is 0 Å². The molecule has 1 aromatic heterocycles. The maximum Gasteiger partial charge on any atom is 0.143 e. The van der Waals surface area contributed by atoms with Gasteiger partial charge in [-0.25, -0.2) is 0 Å². The van der Waals surface area contributed by atoms with Crippen LogP contribution in [0.5, 0.6) is 0 Å². The van der Waals surface area contributed by atoms with Crippen LogP contribution in [0.1, 0.15) is 94.6 Å². The molecule has 124 valence electrons. The second-order valence-corrected chi connectivity index (χ2v) is 8.73. The predicted octanol–water partition coefficient (Wildman–Crippen LogP) is 4.76. The molecule has 0 unspecified atom stereocenters. The van der Waals surface area contributed by atoms with Gasteiger partial charge in [-0.1, -0.05) is 25.9 Å². The van der Waals surface area contributed by atoms with Crippen LogP contribution in [0.4, 0.5) is 0 Å². The highest BCUT2D eigenvalue weighted by molar-refractivity contribution is 5.34. The lowest BCUT2D eigenvalue weighted by Crippen LogP contribution is -2.26. The van der Waals surface area contributed by atoms with Crippen molar-refractivity contribution < 1.29 is 4.52 Å². The summed E-state index contributed by atoms with van der Waals surface area (Å²) in [6.07, 6.45) is 9.86. The van der Waals surface area contributed by atoms with E-state index in [0.717, 1.165) is 37.6 Å². The van der Waals surface area contributed by atoms with Gasteiger partial charge in [0.1, 0.15) is 5.76 Å². The summed E-state index contributed by atoms with van der Waals surface area (Å²) in [4.78, 5) is 0. The standard InChI is InChI=1S/C19H32N2O/c1-19(2,3)12-13-10-15(11-13)18-17(14-7-8-14)16(21-22-18)6-4-5-9-20/h13-15H,4-12,20H2,1-3H3. The summed E-state index contributed by atoms with van der Waals surface area (Å²) < 4.78 is 5.83. The monoisotopic (exact) mass is 304 g/mol. The van der Waals surface area contributed by atoms with Crippen molar-refractivity contribution in [3.8, 4) is 0 Å². The molecule has 3 nitrogen and oxygen atoms in total. The van der Waals surface area contributed by atoms with Crippen LogP contribution in [-0.4, -0.2) is 11.7 Å². The lowest BCUT2D eigenvalue weighted by Gasteiger charge is -2.38. The third-order valence-electron chi connectivity index (χ3n) is 5.19. The third-order valence-corrected chi connectivity index (χ3v) is 5.19. The topological polar surface area (TPSA) is 52.0 Å². The molecule has 2 N–H and O–H groups in total. The van der Waals surface area contributed by atoms with Gasteiger partial charge in [-0.3, -0.25) is 0 Å². The van der Waals surface area contributed by atoms with Crippen LogP contribution >= 0.6 is 0 Å². The molecule has 2 saturated carbocycles. The van der Waals surface area contributed by atoms with Crippen molar-refractivity contribution in [2.24, 2.45) is 17.1 Å². The van der Waals surface area contributed by atoms with E-state index in [2.05, 4.69) is 25.9 Å². The zero-order chi connectivity index (χ0) is 15.7. The van der Waals surface area contributed by atoms with Gasteiger partial charge in [-0.2, -0.15) is 0 Å². The van der Waals surface area contributed by atoms with E-state index in [9.17, 15) is 0 Å². The van der Waals surface area contributed by atoms with Gasteiger partial charge in [0.2, 0.25) is 0 Å². The quantitative estimate of drug-likeness (QED) is 0.739. The Labute approximate surface area is 135 Å². The van der Waals surface area contributed by atoms with Crippen LogP contribution in [0.25, 0.3) is 0 Å². The van der Waals surface area contributed by atoms with Crippen LogP contribution in [0, 0.1) is 11.3 Å². The Bertz CT molecular complexity index is 490. The molecule has 3 heteroatoms. The van der Waals surface area contributed by atoms with Crippen molar-refractivity contribution in [1.82, 2.24) is 5.16 Å². The maximum absolute atomic E-state index is 5.83. The Balaban J connectivity index is 1.62. The van der Waals surface area contributed by atoms with Crippen molar-refractivity contribution in [2.45, 2.75) is 84.0 Å². The highest BCUT2D eigenvalue weighted by Gasteiger charge is 2.40. The molecule has 0 radical (unpaired) electrons. The van der Waals surface area contributed by atoms with E-state index >= 15 is 0 Å². The molecule has 0 spiro atoms. The van der Waals surface area contributed by atoms with Gasteiger partial charge < -0.3 is 10.3 Å². The number of nitrogens with two attached hydrogens (primary N) is 1. The Hall–Kier alpha value is -0.830. The summed E-state index contributed by atoms with van der Waals surface area (Å²) in [6.45, 7) is 7.82.